The first-order valence-corrected chi connectivity index (χ1v) is 6.67. The molecule has 2 N–H and O–H groups in total. The Labute approximate surface area is 123 Å². The molecule has 0 aliphatic heterocycles. The third-order valence-corrected chi connectivity index (χ3v) is 2.92. The maximum absolute atomic E-state index is 4.22. The Morgan fingerprint density at radius 3 is 2.57 bits per heavy atom. The van der Waals surface area contributed by atoms with Crippen LogP contribution in [0, 0.1) is 0 Å². The quantitative estimate of drug-likeness (QED) is 0.749. The van der Waals surface area contributed by atoms with Crippen LogP contribution in [-0.2, 0) is 6.54 Å². The monoisotopic (exact) mass is 277 g/mol. The molecule has 1 aromatic carbocycles. The summed E-state index contributed by atoms with van der Waals surface area (Å²) >= 11 is 0. The molecule has 3 rings (SSSR count). The summed E-state index contributed by atoms with van der Waals surface area (Å²) in [7, 11) is 0. The second kappa shape index (κ2) is 6.47. The second-order valence-corrected chi connectivity index (χ2v) is 4.49. The Kier molecular flexibility index (Phi) is 4.02. The van der Waals surface area contributed by atoms with E-state index in [0.29, 0.717) is 0 Å². The van der Waals surface area contributed by atoms with Crippen LogP contribution in [-0.4, -0.2) is 15.0 Å². The summed E-state index contributed by atoms with van der Waals surface area (Å²) in [6, 6.07) is 15.9. The molecular formula is C16H15N5. The zero-order valence-corrected chi connectivity index (χ0v) is 11.4. The van der Waals surface area contributed by atoms with Gasteiger partial charge in [0.25, 0.3) is 0 Å². The lowest BCUT2D eigenvalue weighted by Crippen LogP contribution is -2.03. The third kappa shape index (κ3) is 3.76. The van der Waals surface area contributed by atoms with E-state index in [9.17, 15) is 0 Å². The first-order valence-electron chi connectivity index (χ1n) is 6.67. The average Bonchev–Trinajstić information content (AvgIpc) is 2.55. The Morgan fingerprint density at radius 2 is 1.76 bits per heavy atom. The van der Waals surface area contributed by atoms with Gasteiger partial charge in [0.2, 0.25) is 0 Å². The van der Waals surface area contributed by atoms with Crippen LogP contribution in [0.4, 0.5) is 17.3 Å². The molecule has 0 aliphatic rings. The fourth-order valence-electron chi connectivity index (χ4n) is 1.90. The van der Waals surface area contributed by atoms with E-state index in [1.54, 1.807) is 12.4 Å². The van der Waals surface area contributed by atoms with Crippen molar-refractivity contribution in [1.82, 2.24) is 15.0 Å². The molecule has 2 heterocycles. The minimum Gasteiger partial charge on any atom is -0.366 e. The van der Waals surface area contributed by atoms with Crippen molar-refractivity contribution in [3.05, 3.63) is 72.8 Å². The number of nitrogens with zero attached hydrogens (tertiary/aromatic N) is 3. The standard InChI is InChI=1S/C16H15N5/c1-2-5-13(6-3-1)10-18-15-9-16(20-12-19-15)21-14-7-4-8-17-11-14/h1-9,11-12H,10H2,(H2,18,19,20,21). The molecule has 0 unspecified atom stereocenters. The van der Waals surface area contributed by atoms with Crippen molar-refractivity contribution in [2.75, 3.05) is 10.6 Å². The minimum atomic E-state index is 0.726. The SMILES string of the molecule is c1ccc(CNc2cc(Nc3cccnc3)ncn2)cc1. The Hall–Kier alpha value is -2.95. The summed E-state index contributed by atoms with van der Waals surface area (Å²) in [6.07, 6.45) is 5.02. The van der Waals surface area contributed by atoms with Crippen LogP contribution in [0.25, 0.3) is 0 Å². The highest BCUT2D eigenvalue weighted by Crippen LogP contribution is 2.15. The largest absolute Gasteiger partial charge is 0.366 e. The number of nitrogens with one attached hydrogen (secondary N) is 2. The summed E-state index contributed by atoms with van der Waals surface area (Å²) < 4.78 is 0. The fraction of sp³-hybridized carbons (Fsp3) is 0.0625. The Morgan fingerprint density at radius 1 is 0.905 bits per heavy atom. The van der Waals surface area contributed by atoms with Crippen molar-refractivity contribution in [2.24, 2.45) is 0 Å². The zero-order chi connectivity index (χ0) is 14.3. The highest BCUT2D eigenvalue weighted by molar-refractivity contribution is 5.57. The molecule has 0 saturated carbocycles. The lowest BCUT2D eigenvalue weighted by Gasteiger charge is -2.08. The molecule has 5 nitrogen and oxygen atoms in total. The van der Waals surface area contributed by atoms with E-state index in [1.165, 1.54) is 11.9 Å². The van der Waals surface area contributed by atoms with E-state index in [0.717, 1.165) is 23.9 Å². The molecular weight excluding hydrogens is 262 g/mol. The van der Waals surface area contributed by atoms with Crippen molar-refractivity contribution in [1.29, 1.82) is 0 Å². The van der Waals surface area contributed by atoms with Crippen molar-refractivity contribution in [3.8, 4) is 0 Å². The predicted molar refractivity (Wildman–Crippen MR) is 83.3 cm³/mol. The van der Waals surface area contributed by atoms with Gasteiger partial charge in [-0.05, 0) is 17.7 Å². The van der Waals surface area contributed by atoms with E-state index in [2.05, 4.69) is 37.7 Å². The van der Waals surface area contributed by atoms with Crippen LogP contribution in [0.1, 0.15) is 5.56 Å². The Balaban J connectivity index is 1.66. The van der Waals surface area contributed by atoms with Gasteiger partial charge in [0.1, 0.15) is 18.0 Å². The first-order chi connectivity index (χ1) is 10.4. The number of pyridine rings is 1. The van der Waals surface area contributed by atoms with Crippen LogP contribution in [0.15, 0.2) is 67.3 Å². The molecule has 0 amide bonds. The van der Waals surface area contributed by atoms with Gasteiger partial charge in [0.05, 0.1) is 11.9 Å². The minimum absolute atomic E-state index is 0.726. The highest BCUT2D eigenvalue weighted by atomic mass is 15.1. The summed E-state index contributed by atoms with van der Waals surface area (Å²) in [5, 5.41) is 6.47. The smallest absolute Gasteiger partial charge is 0.135 e. The van der Waals surface area contributed by atoms with Gasteiger partial charge in [-0.3, -0.25) is 4.98 Å². The van der Waals surface area contributed by atoms with Crippen LogP contribution in [0.3, 0.4) is 0 Å². The van der Waals surface area contributed by atoms with Crippen molar-refractivity contribution >= 4 is 17.3 Å². The normalized spacial score (nSPS) is 10.1. The van der Waals surface area contributed by atoms with Crippen molar-refractivity contribution in [3.63, 3.8) is 0 Å². The summed E-state index contributed by atoms with van der Waals surface area (Å²) in [5.41, 5.74) is 2.10. The van der Waals surface area contributed by atoms with Gasteiger partial charge in [-0.2, -0.15) is 0 Å². The Bertz CT molecular complexity index is 685. The molecule has 0 saturated heterocycles. The molecule has 0 bridgehead atoms. The molecule has 0 atom stereocenters. The number of aromatic nitrogens is 3. The summed E-state index contributed by atoms with van der Waals surface area (Å²) in [4.78, 5) is 12.5. The van der Waals surface area contributed by atoms with E-state index >= 15 is 0 Å². The zero-order valence-electron chi connectivity index (χ0n) is 11.4. The van der Waals surface area contributed by atoms with Crippen LogP contribution >= 0.6 is 0 Å². The molecule has 0 spiro atoms. The summed E-state index contributed by atoms with van der Waals surface area (Å²) in [5.74, 6) is 1.51. The van der Waals surface area contributed by atoms with Crippen LogP contribution in [0.5, 0.6) is 0 Å². The van der Waals surface area contributed by atoms with E-state index in [-0.39, 0.29) is 0 Å². The number of anilines is 3. The molecule has 5 heteroatoms. The van der Waals surface area contributed by atoms with Gasteiger partial charge < -0.3 is 10.6 Å². The van der Waals surface area contributed by atoms with E-state index < -0.39 is 0 Å². The maximum Gasteiger partial charge on any atom is 0.135 e. The van der Waals surface area contributed by atoms with Gasteiger partial charge in [-0.15, -0.1) is 0 Å². The topological polar surface area (TPSA) is 62.7 Å². The van der Waals surface area contributed by atoms with E-state index in [4.69, 9.17) is 0 Å². The number of rotatable bonds is 5. The van der Waals surface area contributed by atoms with Crippen molar-refractivity contribution in [2.45, 2.75) is 6.54 Å². The number of hydrogen-bond acceptors (Lipinski definition) is 5. The van der Waals surface area contributed by atoms with Crippen LogP contribution < -0.4 is 10.6 Å². The lowest BCUT2D eigenvalue weighted by molar-refractivity contribution is 1.08. The van der Waals surface area contributed by atoms with Gasteiger partial charge in [-0.1, -0.05) is 30.3 Å². The third-order valence-electron chi connectivity index (χ3n) is 2.92. The highest BCUT2D eigenvalue weighted by Gasteiger charge is 2.00. The molecule has 0 aliphatic carbocycles. The molecule has 2 aromatic heterocycles. The molecule has 0 fully saturated rings. The molecule has 104 valence electrons. The molecule has 21 heavy (non-hydrogen) atoms. The number of benzene rings is 1. The van der Waals surface area contributed by atoms with Crippen molar-refractivity contribution < 1.29 is 0 Å². The van der Waals surface area contributed by atoms with E-state index in [1.807, 2.05) is 36.4 Å². The summed E-state index contributed by atoms with van der Waals surface area (Å²) in [6.45, 7) is 0.726. The lowest BCUT2D eigenvalue weighted by atomic mass is 10.2. The molecule has 0 radical (unpaired) electrons. The van der Waals surface area contributed by atoms with Crippen LogP contribution in [0.2, 0.25) is 0 Å². The first kappa shape index (κ1) is 13.1. The maximum atomic E-state index is 4.22. The average molecular weight is 277 g/mol. The fourth-order valence-corrected chi connectivity index (χ4v) is 1.90. The predicted octanol–water partition coefficient (Wildman–Crippen LogP) is 3.23. The van der Waals surface area contributed by atoms with Gasteiger partial charge in [0.15, 0.2) is 0 Å². The van der Waals surface area contributed by atoms with Gasteiger partial charge in [-0.25, -0.2) is 9.97 Å². The molecule has 3 aromatic rings. The van der Waals surface area contributed by atoms with Gasteiger partial charge in [0, 0.05) is 18.8 Å². The second-order valence-electron chi connectivity index (χ2n) is 4.49. The number of hydrogen-bond donors (Lipinski definition) is 2. The van der Waals surface area contributed by atoms with Gasteiger partial charge >= 0.3 is 0 Å².